The number of piperazine rings is 1. The van der Waals surface area contributed by atoms with Crippen molar-refractivity contribution in [3.05, 3.63) is 63.2 Å². The highest BCUT2D eigenvalue weighted by atomic mass is 35.5. The normalized spacial score (nSPS) is 14.1. The van der Waals surface area contributed by atoms with E-state index >= 15 is 0 Å². The van der Waals surface area contributed by atoms with Crippen LogP contribution >= 0.6 is 11.6 Å². The third-order valence-corrected chi connectivity index (χ3v) is 4.97. The summed E-state index contributed by atoms with van der Waals surface area (Å²) >= 11 is 5.98. The second-order valence-corrected chi connectivity index (χ2v) is 6.75. The van der Waals surface area contributed by atoms with Gasteiger partial charge in [0.05, 0.1) is 4.92 Å². The molecule has 1 aliphatic heterocycles. The number of carbonyl (C=O) groups is 1. The molecule has 0 atom stereocenters. The third kappa shape index (κ3) is 4.68. The summed E-state index contributed by atoms with van der Waals surface area (Å²) in [5, 5.41) is 11.4. The van der Waals surface area contributed by atoms with Gasteiger partial charge >= 0.3 is 0 Å². The van der Waals surface area contributed by atoms with Gasteiger partial charge in [-0.3, -0.25) is 14.9 Å². The molecule has 0 radical (unpaired) electrons. The summed E-state index contributed by atoms with van der Waals surface area (Å²) in [5.41, 5.74) is 1.89. The Labute approximate surface area is 162 Å². The van der Waals surface area contributed by atoms with E-state index in [-0.39, 0.29) is 18.2 Å². The average molecular weight is 390 g/mol. The first-order chi connectivity index (χ1) is 12.9. The van der Waals surface area contributed by atoms with Gasteiger partial charge in [0.2, 0.25) is 0 Å². The van der Waals surface area contributed by atoms with Crippen LogP contribution < -0.4 is 9.64 Å². The molecule has 1 saturated heterocycles. The van der Waals surface area contributed by atoms with Gasteiger partial charge in [-0.1, -0.05) is 11.6 Å². The van der Waals surface area contributed by atoms with E-state index in [0.717, 1.165) is 11.3 Å². The predicted molar refractivity (Wildman–Crippen MR) is 104 cm³/mol. The number of hydrogen-bond donors (Lipinski definition) is 0. The average Bonchev–Trinajstić information content (AvgIpc) is 2.69. The van der Waals surface area contributed by atoms with E-state index in [9.17, 15) is 14.9 Å². The molecule has 0 aliphatic carbocycles. The standard InChI is InChI=1S/C19H20ClN3O4/c1-14-12-17(6-7-18(14)20)27-13-19(24)22-10-8-21(9-11-22)15-2-4-16(5-3-15)23(25)26/h2-7,12H,8-11,13H2,1H3. The number of carbonyl (C=O) groups excluding carboxylic acids is 1. The molecule has 1 fully saturated rings. The fourth-order valence-corrected chi connectivity index (χ4v) is 3.06. The monoisotopic (exact) mass is 389 g/mol. The molecule has 1 heterocycles. The molecule has 0 unspecified atom stereocenters. The molecule has 1 aliphatic rings. The molecule has 7 nitrogen and oxygen atoms in total. The van der Waals surface area contributed by atoms with E-state index in [4.69, 9.17) is 16.3 Å². The Morgan fingerprint density at radius 3 is 2.41 bits per heavy atom. The first-order valence-electron chi connectivity index (χ1n) is 8.60. The van der Waals surface area contributed by atoms with Gasteiger partial charge < -0.3 is 14.5 Å². The van der Waals surface area contributed by atoms with Gasteiger partial charge in [0.1, 0.15) is 5.75 Å². The Morgan fingerprint density at radius 1 is 1.15 bits per heavy atom. The summed E-state index contributed by atoms with van der Waals surface area (Å²) in [6.07, 6.45) is 0. The Bertz CT molecular complexity index is 833. The maximum absolute atomic E-state index is 12.4. The van der Waals surface area contributed by atoms with E-state index in [1.807, 2.05) is 13.0 Å². The summed E-state index contributed by atoms with van der Waals surface area (Å²) in [6.45, 7) is 4.37. The molecule has 1 amide bonds. The fraction of sp³-hybridized carbons (Fsp3) is 0.316. The van der Waals surface area contributed by atoms with Gasteiger partial charge in [0, 0.05) is 49.0 Å². The van der Waals surface area contributed by atoms with Crippen LogP contribution in [0.2, 0.25) is 5.02 Å². The highest BCUT2D eigenvalue weighted by molar-refractivity contribution is 6.31. The quantitative estimate of drug-likeness (QED) is 0.579. The molecule has 0 N–H and O–H groups in total. The van der Waals surface area contributed by atoms with Crippen molar-refractivity contribution in [3.8, 4) is 5.75 Å². The Hall–Kier alpha value is -2.80. The molecule has 0 bridgehead atoms. The molecule has 3 rings (SSSR count). The number of amides is 1. The zero-order valence-corrected chi connectivity index (χ0v) is 15.7. The van der Waals surface area contributed by atoms with Crippen molar-refractivity contribution in [2.45, 2.75) is 6.92 Å². The fourth-order valence-electron chi connectivity index (χ4n) is 2.94. The van der Waals surface area contributed by atoms with Crippen molar-refractivity contribution >= 4 is 28.9 Å². The van der Waals surface area contributed by atoms with Crippen molar-refractivity contribution < 1.29 is 14.5 Å². The molecular formula is C19H20ClN3O4. The topological polar surface area (TPSA) is 75.9 Å². The van der Waals surface area contributed by atoms with Crippen molar-refractivity contribution in [3.63, 3.8) is 0 Å². The van der Waals surface area contributed by atoms with Crippen LogP contribution in [-0.4, -0.2) is 48.5 Å². The lowest BCUT2D eigenvalue weighted by Crippen LogP contribution is -2.50. The number of nitro groups is 1. The van der Waals surface area contributed by atoms with Gasteiger partial charge in [-0.25, -0.2) is 0 Å². The van der Waals surface area contributed by atoms with Crippen LogP contribution in [0.4, 0.5) is 11.4 Å². The van der Waals surface area contributed by atoms with Crippen LogP contribution in [0.25, 0.3) is 0 Å². The van der Waals surface area contributed by atoms with Crippen molar-refractivity contribution in [2.24, 2.45) is 0 Å². The van der Waals surface area contributed by atoms with Crippen LogP contribution in [0.3, 0.4) is 0 Å². The summed E-state index contributed by atoms with van der Waals surface area (Å²) in [4.78, 5) is 26.6. The second-order valence-electron chi connectivity index (χ2n) is 6.34. The van der Waals surface area contributed by atoms with Gasteiger partial charge in [0.25, 0.3) is 11.6 Å². The van der Waals surface area contributed by atoms with Crippen LogP contribution in [0, 0.1) is 17.0 Å². The predicted octanol–water partition coefficient (Wildman–Crippen LogP) is 3.28. The first-order valence-corrected chi connectivity index (χ1v) is 8.98. The number of halogens is 1. The first kappa shape index (κ1) is 19.0. The SMILES string of the molecule is Cc1cc(OCC(=O)N2CCN(c3ccc([N+](=O)[O-])cc3)CC2)ccc1Cl. The minimum absolute atomic E-state index is 0.0153. The van der Waals surface area contributed by atoms with Crippen LogP contribution in [0.15, 0.2) is 42.5 Å². The van der Waals surface area contributed by atoms with Crippen molar-refractivity contribution in [1.82, 2.24) is 4.90 Å². The van der Waals surface area contributed by atoms with Gasteiger partial charge in [0.15, 0.2) is 6.61 Å². The molecule has 2 aromatic carbocycles. The molecule has 8 heteroatoms. The van der Waals surface area contributed by atoms with Gasteiger partial charge in [-0.15, -0.1) is 0 Å². The maximum Gasteiger partial charge on any atom is 0.269 e. The number of rotatable bonds is 5. The van der Waals surface area contributed by atoms with E-state index < -0.39 is 4.92 Å². The zero-order valence-electron chi connectivity index (χ0n) is 14.9. The summed E-state index contributed by atoms with van der Waals surface area (Å²) < 4.78 is 5.58. The van der Waals surface area contributed by atoms with Crippen LogP contribution in [0.1, 0.15) is 5.56 Å². The van der Waals surface area contributed by atoms with Gasteiger partial charge in [-0.2, -0.15) is 0 Å². The zero-order chi connectivity index (χ0) is 19.4. The number of aryl methyl sites for hydroxylation is 1. The molecular weight excluding hydrogens is 370 g/mol. The number of non-ortho nitro benzene ring substituents is 1. The molecule has 27 heavy (non-hydrogen) atoms. The van der Waals surface area contributed by atoms with E-state index in [1.54, 1.807) is 29.2 Å². The summed E-state index contributed by atoms with van der Waals surface area (Å²) in [7, 11) is 0. The number of anilines is 1. The van der Waals surface area contributed by atoms with E-state index in [1.165, 1.54) is 12.1 Å². The smallest absolute Gasteiger partial charge is 0.269 e. The largest absolute Gasteiger partial charge is 0.484 e. The number of nitro benzene ring substituents is 1. The summed E-state index contributed by atoms with van der Waals surface area (Å²) in [6, 6.07) is 11.8. The second kappa shape index (κ2) is 8.26. The maximum atomic E-state index is 12.4. The highest BCUT2D eigenvalue weighted by Gasteiger charge is 2.22. The van der Waals surface area contributed by atoms with Crippen LogP contribution in [0.5, 0.6) is 5.75 Å². The number of benzene rings is 2. The van der Waals surface area contributed by atoms with Crippen LogP contribution in [-0.2, 0) is 4.79 Å². The minimum atomic E-state index is -0.414. The Morgan fingerprint density at radius 2 is 1.81 bits per heavy atom. The van der Waals surface area contributed by atoms with Crippen molar-refractivity contribution in [2.75, 3.05) is 37.7 Å². The lowest BCUT2D eigenvalue weighted by atomic mass is 10.2. The lowest BCUT2D eigenvalue weighted by molar-refractivity contribution is -0.384. The Balaban J connectivity index is 1.50. The van der Waals surface area contributed by atoms with E-state index in [0.29, 0.717) is 37.0 Å². The minimum Gasteiger partial charge on any atom is -0.484 e. The molecule has 0 saturated carbocycles. The Kier molecular flexibility index (Phi) is 5.81. The highest BCUT2D eigenvalue weighted by Crippen LogP contribution is 2.22. The molecule has 2 aromatic rings. The lowest BCUT2D eigenvalue weighted by Gasteiger charge is -2.36. The third-order valence-electron chi connectivity index (χ3n) is 4.55. The summed E-state index contributed by atoms with van der Waals surface area (Å²) in [5.74, 6) is 0.556. The number of hydrogen-bond acceptors (Lipinski definition) is 5. The van der Waals surface area contributed by atoms with Gasteiger partial charge in [-0.05, 0) is 42.8 Å². The number of nitrogens with zero attached hydrogens (tertiary/aromatic N) is 3. The molecule has 142 valence electrons. The molecule has 0 aromatic heterocycles. The number of ether oxygens (including phenoxy) is 1. The van der Waals surface area contributed by atoms with E-state index in [2.05, 4.69) is 4.90 Å². The van der Waals surface area contributed by atoms with Crippen molar-refractivity contribution in [1.29, 1.82) is 0 Å². The molecule has 0 spiro atoms.